The van der Waals surface area contributed by atoms with E-state index in [0.717, 1.165) is 11.1 Å². The molecule has 0 aliphatic rings. The van der Waals surface area contributed by atoms with Gasteiger partial charge in [0.25, 0.3) is 0 Å². The first-order valence-corrected chi connectivity index (χ1v) is 6.37. The maximum Gasteiger partial charge on any atom is 0.184 e. The van der Waals surface area contributed by atoms with Crippen molar-refractivity contribution in [1.29, 1.82) is 0 Å². The number of aryl methyl sites for hydroxylation is 1. The summed E-state index contributed by atoms with van der Waals surface area (Å²) in [5.41, 5.74) is 3.08. The van der Waals surface area contributed by atoms with Crippen LogP contribution in [-0.4, -0.2) is 14.5 Å². The molecule has 2 aromatic heterocycles. The number of benzene rings is 1. The van der Waals surface area contributed by atoms with Gasteiger partial charge in [-0.05, 0) is 49.0 Å². The highest BCUT2D eigenvalue weighted by atomic mass is 35.5. The molecular formula is C13H9ClFN3S. The van der Waals surface area contributed by atoms with E-state index in [1.54, 1.807) is 16.8 Å². The highest BCUT2D eigenvalue weighted by molar-refractivity contribution is 7.71. The summed E-state index contributed by atoms with van der Waals surface area (Å²) in [7, 11) is 0. The van der Waals surface area contributed by atoms with E-state index in [-0.39, 0.29) is 0 Å². The minimum Gasteiger partial charge on any atom is -0.329 e. The number of halogens is 2. The highest BCUT2D eigenvalue weighted by Crippen LogP contribution is 2.23. The Labute approximate surface area is 118 Å². The number of imidazole rings is 1. The number of nitrogens with one attached hydrogen (secondary N) is 1. The molecule has 0 unspecified atom stereocenters. The maximum absolute atomic E-state index is 13.5. The summed E-state index contributed by atoms with van der Waals surface area (Å²) in [5.74, 6) is -0.411. The Balaban J connectivity index is 2.39. The quantitative estimate of drug-likeness (QED) is 0.683. The molecule has 2 heterocycles. The monoisotopic (exact) mass is 293 g/mol. The fourth-order valence-electron chi connectivity index (χ4n) is 2.03. The highest BCUT2D eigenvalue weighted by Gasteiger charge is 2.10. The summed E-state index contributed by atoms with van der Waals surface area (Å²) in [4.78, 5) is 7.38. The van der Waals surface area contributed by atoms with Gasteiger partial charge in [-0.3, -0.25) is 4.57 Å². The number of aromatic nitrogens is 3. The van der Waals surface area contributed by atoms with E-state index >= 15 is 0 Å². The number of rotatable bonds is 1. The van der Waals surface area contributed by atoms with Gasteiger partial charge in [0.2, 0.25) is 0 Å². The molecule has 3 rings (SSSR count). The van der Waals surface area contributed by atoms with Crippen molar-refractivity contribution in [1.82, 2.24) is 14.5 Å². The standard InChI is InChI=1S/C13H9ClFN3S/c1-7-2-3-16-12-11(7)17-13(19)18(12)10-5-8(14)4-9(15)6-10/h2-6H,1H3,(H,17,19). The lowest BCUT2D eigenvalue weighted by Gasteiger charge is -2.05. The maximum atomic E-state index is 13.5. The van der Waals surface area contributed by atoms with Gasteiger partial charge in [0.1, 0.15) is 5.82 Å². The van der Waals surface area contributed by atoms with Crippen LogP contribution < -0.4 is 0 Å². The van der Waals surface area contributed by atoms with E-state index in [0.29, 0.717) is 21.1 Å². The van der Waals surface area contributed by atoms with E-state index < -0.39 is 5.82 Å². The number of aromatic amines is 1. The summed E-state index contributed by atoms with van der Waals surface area (Å²) in [6, 6.07) is 6.16. The Morgan fingerprint density at radius 2 is 2.16 bits per heavy atom. The summed E-state index contributed by atoms with van der Waals surface area (Å²) in [6.45, 7) is 1.96. The molecule has 0 bridgehead atoms. The lowest BCUT2D eigenvalue weighted by atomic mass is 10.2. The smallest absolute Gasteiger partial charge is 0.184 e. The summed E-state index contributed by atoms with van der Waals surface area (Å²) < 4.78 is 15.6. The average Bonchev–Trinajstić information content (AvgIpc) is 2.65. The van der Waals surface area contributed by atoms with Crippen LogP contribution in [0.4, 0.5) is 4.39 Å². The van der Waals surface area contributed by atoms with Crippen LogP contribution in [0, 0.1) is 17.5 Å². The van der Waals surface area contributed by atoms with Gasteiger partial charge in [0, 0.05) is 11.2 Å². The van der Waals surface area contributed by atoms with Crippen LogP contribution in [0.1, 0.15) is 5.56 Å². The Bertz CT molecular complexity index is 817. The van der Waals surface area contributed by atoms with Crippen molar-refractivity contribution in [2.24, 2.45) is 0 Å². The number of fused-ring (bicyclic) bond motifs is 1. The molecule has 0 aliphatic heterocycles. The fourth-order valence-corrected chi connectivity index (χ4v) is 2.54. The molecule has 1 N–H and O–H groups in total. The van der Waals surface area contributed by atoms with Gasteiger partial charge < -0.3 is 4.98 Å². The average molecular weight is 294 g/mol. The SMILES string of the molecule is Cc1ccnc2c1[nH]c(=S)n2-c1cc(F)cc(Cl)c1. The van der Waals surface area contributed by atoms with E-state index in [2.05, 4.69) is 9.97 Å². The van der Waals surface area contributed by atoms with Gasteiger partial charge in [0.05, 0.1) is 11.2 Å². The van der Waals surface area contributed by atoms with Crippen molar-refractivity contribution in [2.75, 3.05) is 0 Å². The first kappa shape index (κ1) is 12.3. The zero-order valence-corrected chi connectivity index (χ0v) is 11.5. The molecule has 0 saturated heterocycles. The summed E-state index contributed by atoms with van der Waals surface area (Å²) >= 11 is 11.2. The summed E-state index contributed by atoms with van der Waals surface area (Å²) in [5, 5.41) is 0.318. The van der Waals surface area contributed by atoms with Gasteiger partial charge in [-0.2, -0.15) is 0 Å². The molecular weight excluding hydrogens is 285 g/mol. The van der Waals surface area contributed by atoms with Gasteiger partial charge in [-0.25, -0.2) is 9.37 Å². The molecule has 96 valence electrons. The second-order valence-electron chi connectivity index (χ2n) is 4.22. The third kappa shape index (κ3) is 2.05. The Hall–Kier alpha value is -1.72. The molecule has 0 amide bonds. The normalized spacial score (nSPS) is 11.1. The lowest BCUT2D eigenvalue weighted by molar-refractivity contribution is 0.626. The van der Waals surface area contributed by atoms with Crippen LogP contribution in [0.2, 0.25) is 5.02 Å². The predicted octanol–water partition coefficient (Wildman–Crippen LogP) is 4.18. The van der Waals surface area contributed by atoms with Crippen LogP contribution in [0.5, 0.6) is 0 Å². The van der Waals surface area contributed by atoms with E-state index in [4.69, 9.17) is 23.8 Å². The van der Waals surface area contributed by atoms with Crippen molar-refractivity contribution in [3.8, 4) is 5.69 Å². The van der Waals surface area contributed by atoms with Gasteiger partial charge in [-0.1, -0.05) is 11.6 Å². The molecule has 0 radical (unpaired) electrons. The minimum atomic E-state index is -0.411. The van der Waals surface area contributed by atoms with E-state index in [9.17, 15) is 4.39 Å². The van der Waals surface area contributed by atoms with Gasteiger partial charge in [0.15, 0.2) is 10.4 Å². The van der Waals surface area contributed by atoms with Crippen LogP contribution >= 0.6 is 23.8 Å². The molecule has 0 spiro atoms. The largest absolute Gasteiger partial charge is 0.329 e. The van der Waals surface area contributed by atoms with E-state index in [1.807, 2.05) is 13.0 Å². The topological polar surface area (TPSA) is 33.6 Å². The number of pyridine rings is 1. The second kappa shape index (κ2) is 4.43. The molecule has 6 heteroatoms. The molecule has 0 fully saturated rings. The van der Waals surface area contributed by atoms with Crippen molar-refractivity contribution in [3.05, 3.63) is 51.6 Å². The lowest BCUT2D eigenvalue weighted by Crippen LogP contribution is -1.96. The third-order valence-corrected chi connectivity index (χ3v) is 3.39. The van der Waals surface area contributed by atoms with Crippen molar-refractivity contribution in [2.45, 2.75) is 6.92 Å². The number of nitrogens with zero attached hydrogens (tertiary/aromatic N) is 2. The second-order valence-corrected chi connectivity index (χ2v) is 5.04. The first-order valence-electron chi connectivity index (χ1n) is 5.59. The third-order valence-electron chi connectivity index (χ3n) is 2.89. The van der Waals surface area contributed by atoms with Crippen LogP contribution in [0.15, 0.2) is 30.5 Å². The van der Waals surface area contributed by atoms with Crippen molar-refractivity contribution < 1.29 is 4.39 Å². The fraction of sp³-hybridized carbons (Fsp3) is 0.0769. The number of hydrogen-bond acceptors (Lipinski definition) is 2. The first-order chi connectivity index (χ1) is 9.06. The minimum absolute atomic E-state index is 0.318. The number of H-pyrrole nitrogens is 1. The van der Waals surface area contributed by atoms with Gasteiger partial charge in [-0.15, -0.1) is 0 Å². The zero-order chi connectivity index (χ0) is 13.6. The number of hydrogen-bond donors (Lipinski definition) is 1. The zero-order valence-electron chi connectivity index (χ0n) is 9.95. The van der Waals surface area contributed by atoms with E-state index in [1.165, 1.54) is 12.1 Å². The molecule has 3 aromatic rings. The van der Waals surface area contributed by atoms with Crippen LogP contribution in [-0.2, 0) is 0 Å². The Morgan fingerprint density at radius 3 is 2.89 bits per heavy atom. The molecule has 1 aromatic carbocycles. The Morgan fingerprint density at radius 1 is 1.37 bits per heavy atom. The molecule has 3 nitrogen and oxygen atoms in total. The Kier molecular flexibility index (Phi) is 2.88. The van der Waals surface area contributed by atoms with Crippen LogP contribution in [0.3, 0.4) is 0 Å². The molecule has 0 atom stereocenters. The summed E-state index contributed by atoms with van der Waals surface area (Å²) in [6.07, 6.45) is 1.69. The van der Waals surface area contributed by atoms with Gasteiger partial charge >= 0.3 is 0 Å². The van der Waals surface area contributed by atoms with Crippen LogP contribution in [0.25, 0.3) is 16.9 Å². The van der Waals surface area contributed by atoms with Crippen molar-refractivity contribution >= 4 is 35.0 Å². The molecule has 19 heavy (non-hydrogen) atoms. The molecule has 0 saturated carbocycles. The predicted molar refractivity (Wildman–Crippen MR) is 76.0 cm³/mol. The van der Waals surface area contributed by atoms with Crippen molar-refractivity contribution in [3.63, 3.8) is 0 Å². The molecule has 0 aliphatic carbocycles.